The molecule has 1 aliphatic carbocycles. The summed E-state index contributed by atoms with van der Waals surface area (Å²) >= 11 is 0. The van der Waals surface area contributed by atoms with E-state index < -0.39 is 0 Å². The maximum atomic E-state index is 13.4. The second-order valence-electron chi connectivity index (χ2n) is 8.19. The van der Waals surface area contributed by atoms with Gasteiger partial charge in [0.2, 0.25) is 5.91 Å². The van der Waals surface area contributed by atoms with Crippen LogP contribution >= 0.6 is 24.0 Å². The second kappa shape index (κ2) is 14.6. The molecule has 1 unspecified atom stereocenters. The third-order valence-electron chi connectivity index (χ3n) is 5.90. The van der Waals surface area contributed by atoms with Gasteiger partial charge in [-0.15, -0.1) is 24.0 Å². The first-order valence-corrected chi connectivity index (χ1v) is 11.5. The molecule has 0 spiro atoms. The summed E-state index contributed by atoms with van der Waals surface area (Å²) in [5.41, 5.74) is 1.04. The zero-order valence-electron chi connectivity index (χ0n) is 18.9. The zero-order chi connectivity index (χ0) is 21.9. The molecule has 1 aromatic carbocycles. The summed E-state index contributed by atoms with van der Waals surface area (Å²) in [5.74, 6) is 0.338. The smallest absolute Gasteiger partial charge is 0.242 e. The second-order valence-corrected chi connectivity index (χ2v) is 8.19. The molecular weight excluding hydrogens is 524 g/mol. The normalized spacial score (nSPS) is 19.0. The van der Waals surface area contributed by atoms with Crippen LogP contribution in [0.4, 0.5) is 4.39 Å². The lowest BCUT2D eigenvalue weighted by Gasteiger charge is -2.35. The number of ether oxygens (including phenoxy) is 1. The molecule has 7 nitrogen and oxygen atoms in total. The number of guanidine groups is 1. The van der Waals surface area contributed by atoms with E-state index in [0.717, 1.165) is 31.5 Å². The van der Waals surface area contributed by atoms with E-state index in [-0.39, 0.29) is 54.3 Å². The molecule has 0 radical (unpaired) electrons. The Morgan fingerprint density at radius 3 is 2.50 bits per heavy atom. The van der Waals surface area contributed by atoms with Gasteiger partial charge in [0.25, 0.3) is 0 Å². The first-order valence-electron chi connectivity index (χ1n) is 11.5. The molecule has 0 bridgehead atoms. The Labute approximate surface area is 208 Å². The minimum Gasteiger partial charge on any atom is -0.379 e. The van der Waals surface area contributed by atoms with Crippen LogP contribution in [0.3, 0.4) is 0 Å². The van der Waals surface area contributed by atoms with Gasteiger partial charge in [0.1, 0.15) is 12.4 Å². The van der Waals surface area contributed by atoms with Gasteiger partial charge in [-0.25, -0.2) is 9.38 Å². The highest BCUT2D eigenvalue weighted by molar-refractivity contribution is 14.0. The Morgan fingerprint density at radius 2 is 1.84 bits per heavy atom. The van der Waals surface area contributed by atoms with Gasteiger partial charge in [-0.2, -0.15) is 0 Å². The van der Waals surface area contributed by atoms with Gasteiger partial charge in [-0.05, 0) is 37.5 Å². The number of nitrogens with zero attached hydrogens (tertiary/aromatic N) is 2. The number of hydrogen-bond acceptors (Lipinski definition) is 4. The maximum Gasteiger partial charge on any atom is 0.242 e. The number of aliphatic imine (C=N–C) groups is 1. The number of hydrogen-bond donors (Lipinski definition) is 3. The minimum absolute atomic E-state index is 0. The average Bonchev–Trinajstić information content (AvgIpc) is 2.80. The third-order valence-corrected chi connectivity index (χ3v) is 5.90. The summed E-state index contributed by atoms with van der Waals surface area (Å²) in [4.78, 5) is 19.1. The molecule has 0 aromatic heterocycles. The van der Waals surface area contributed by atoms with Gasteiger partial charge in [-0.3, -0.25) is 9.69 Å². The summed E-state index contributed by atoms with van der Waals surface area (Å²) in [5, 5.41) is 9.69. The molecule has 1 amide bonds. The monoisotopic (exact) mass is 561 g/mol. The first-order chi connectivity index (χ1) is 15.2. The van der Waals surface area contributed by atoms with Crippen LogP contribution in [0.1, 0.15) is 50.6 Å². The number of benzene rings is 1. The molecule has 1 atom stereocenters. The molecule has 1 aromatic rings. The average molecular weight is 561 g/mol. The van der Waals surface area contributed by atoms with Crippen LogP contribution in [0.15, 0.2) is 29.3 Å². The van der Waals surface area contributed by atoms with E-state index in [1.807, 2.05) is 19.1 Å². The van der Waals surface area contributed by atoms with Crippen molar-refractivity contribution < 1.29 is 13.9 Å². The molecule has 1 saturated heterocycles. The lowest BCUT2D eigenvalue weighted by atomic mass is 9.95. The minimum atomic E-state index is -0.240. The van der Waals surface area contributed by atoms with Gasteiger partial charge in [-0.1, -0.05) is 31.4 Å². The highest BCUT2D eigenvalue weighted by Crippen LogP contribution is 2.21. The zero-order valence-corrected chi connectivity index (χ0v) is 21.3. The van der Waals surface area contributed by atoms with E-state index >= 15 is 0 Å². The van der Waals surface area contributed by atoms with Crippen molar-refractivity contribution >= 4 is 35.8 Å². The van der Waals surface area contributed by atoms with Crippen LogP contribution in [0.2, 0.25) is 0 Å². The van der Waals surface area contributed by atoms with Crippen molar-refractivity contribution in [2.24, 2.45) is 4.99 Å². The molecule has 1 saturated carbocycles. The predicted molar refractivity (Wildman–Crippen MR) is 136 cm³/mol. The molecule has 2 aliphatic rings. The molecule has 180 valence electrons. The van der Waals surface area contributed by atoms with E-state index in [0.29, 0.717) is 32.3 Å². The van der Waals surface area contributed by atoms with Crippen LogP contribution in [-0.4, -0.2) is 68.7 Å². The molecule has 3 rings (SSSR count). The van der Waals surface area contributed by atoms with Crippen LogP contribution < -0.4 is 16.0 Å². The molecular formula is C23H37FIN5O2. The molecule has 1 heterocycles. The summed E-state index contributed by atoms with van der Waals surface area (Å²) in [6.07, 6.45) is 5.76. The topological polar surface area (TPSA) is 78.0 Å². The standard InChI is InChI=1S/C23H36FN5O2.HI/c1-2-25-23(27-17-22(30)28-20-6-4-3-5-7-20)26-16-21(29-12-14-31-15-13-29)18-8-10-19(24)11-9-18;/h8-11,20-21H,2-7,12-17H2,1H3,(H,28,30)(H2,25,26,27);1H. The van der Waals surface area contributed by atoms with Gasteiger partial charge in [0, 0.05) is 32.2 Å². The van der Waals surface area contributed by atoms with Crippen molar-refractivity contribution in [3.63, 3.8) is 0 Å². The Bertz CT molecular complexity index is 707. The largest absolute Gasteiger partial charge is 0.379 e. The van der Waals surface area contributed by atoms with Crippen LogP contribution in [0.25, 0.3) is 0 Å². The summed E-state index contributed by atoms with van der Waals surface area (Å²) in [6, 6.07) is 7.01. The fourth-order valence-corrected chi connectivity index (χ4v) is 4.24. The molecule has 9 heteroatoms. The Morgan fingerprint density at radius 1 is 1.16 bits per heavy atom. The number of amides is 1. The lowest BCUT2D eigenvalue weighted by Crippen LogP contribution is -2.46. The SMILES string of the molecule is CCNC(=NCC(=O)NC1CCCCC1)NCC(c1ccc(F)cc1)N1CCOCC1.I. The molecule has 3 N–H and O–H groups in total. The number of carbonyl (C=O) groups excluding carboxylic acids is 1. The summed E-state index contributed by atoms with van der Waals surface area (Å²) in [7, 11) is 0. The molecule has 32 heavy (non-hydrogen) atoms. The third kappa shape index (κ3) is 8.82. The van der Waals surface area contributed by atoms with Crippen molar-refractivity contribution in [2.75, 3.05) is 45.9 Å². The molecule has 2 fully saturated rings. The van der Waals surface area contributed by atoms with Crippen molar-refractivity contribution in [1.82, 2.24) is 20.9 Å². The highest BCUT2D eigenvalue weighted by Gasteiger charge is 2.23. The van der Waals surface area contributed by atoms with Crippen molar-refractivity contribution in [1.29, 1.82) is 0 Å². The predicted octanol–water partition coefficient (Wildman–Crippen LogP) is 2.82. The van der Waals surface area contributed by atoms with Crippen LogP contribution in [0, 0.1) is 5.82 Å². The Hall–Kier alpha value is -1.46. The first kappa shape index (κ1) is 26.8. The maximum absolute atomic E-state index is 13.4. The van der Waals surface area contributed by atoms with Crippen molar-refractivity contribution in [3.05, 3.63) is 35.6 Å². The van der Waals surface area contributed by atoms with Crippen molar-refractivity contribution in [3.8, 4) is 0 Å². The Kier molecular flexibility index (Phi) is 12.3. The van der Waals surface area contributed by atoms with E-state index in [4.69, 9.17) is 4.74 Å². The van der Waals surface area contributed by atoms with E-state index in [1.54, 1.807) is 0 Å². The van der Waals surface area contributed by atoms with Gasteiger partial charge in [0.15, 0.2) is 5.96 Å². The Balaban J connectivity index is 0.00000363. The molecule has 1 aliphatic heterocycles. The fraction of sp³-hybridized carbons (Fsp3) is 0.652. The summed E-state index contributed by atoms with van der Waals surface area (Å²) < 4.78 is 18.9. The number of nitrogens with one attached hydrogen (secondary N) is 3. The lowest BCUT2D eigenvalue weighted by molar-refractivity contribution is -0.120. The quantitative estimate of drug-likeness (QED) is 0.259. The van der Waals surface area contributed by atoms with Crippen molar-refractivity contribution in [2.45, 2.75) is 51.1 Å². The number of morpholine rings is 1. The highest BCUT2D eigenvalue weighted by atomic mass is 127. The summed E-state index contributed by atoms with van der Waals surface area (Å²) in [6.45, 7) is 6.42. The fourth-order valence-electron chi connectivity index (χ4n) is 4.24. The van der Waals surface area contributed by atoms with Gasteiger partial charge >= 0.3 is 0 Å². The van der Waals surface area contributed by atoms with Crippen LogP contribution in [-0.2, 0) is 9.53 Å². The van der Waals surface area contributed by atoms with Gasteiger partial charge < -0.3 is 20.7 Å². The number of carbonyl (C=O) groups is 1. The number of halogens is 2. The number of rotatable bonds is 8. The van der Waals surface area contributed by atoms with E-state index in [1.165, 1.54) is 31.4 Å². The van der Waals surface area contributed by atoms with E-state index in [9.17, 15) is 9.18 Å². The van der Waals surface area contributed by atoms with Crippen LogP contribution in [0.5, 0.6) is 0 Å². The van der Waals surface area contributed by atoms with Gasteiger partial charge in [0.05, 0.1) is 19.3 Å². The van der Waals surface area contributed by atoms with E-state index in [2.05, 4.69) is 25.8 Å².